The topological polar surface area (TPSA) is 66.6 Å². The molecule has 144 valence electrons. The van der Waals surface area contributed by atoms with E-state index in [0.717, 1.165) is 36.9 Å². The monoisotopic (exact) mass is 478 g/mol. The smallest absolute Gasteiger partial charge is 0.191 e. The quantitative estimate of drug-likeness (QED) is 0.325. The Morgan fingerprint density at radius 2 is 1.78 bits per heavy atom. The number of hydrogen-bond acceptors (Lipinski definition) is 3. The molecule has 2 heterocycles. The van der Waals surface area contributed by atoms with E-state index in [0.29, 0.717) is 0 Å². The molecule has 0 aliphatic heterocycles. The zero-order chi connectivity index (χ0) is 18.4. The normalized spacial score (nSPS) is 11.9. The van der Waals surface area contributed by atoms with Crippen molar-refractivity contribution in [3.63, 3.8) is 0 Å². The number of hydrogen-bond donors (Lipinski definition) is 2. The molecule has 0 atom stereocenters. The highest BCUT2D eigenvalue weighted by Gasteiger charge is 2.20. The molecule has 0 unspecified atom stereocenters. The van der Waals surface area contributed by atoms with Crippen LogP contribution in [0.5, 0.6) is 0 Å². The fourth-order valence-electron chi connectivity index (χ4n) is 2.87. The molecule has 1 aromatic carbocycles. The molecule has 0 amide bonds. The van der Waals surface area contributed by atoms with Crippen LogP contribution in [0.2, 0.25) is 0 Å². The molecule has 7 heteroatoms. The van der Waals surface area contributed by atoms with Gasteiger partial charge >= 0.3 is 0 Å². The molecule has 3 rings (SSSR count). The molecule has 3 aromatic rings. The lowest BCUT2D eigenvalue weighted by Crippen LogP contribution is -2.44. The Kier molecular flexibility index (Phi) is 7.58. The first-order valence-electron chi connectivity index (χ1n) is 8.89. The average Bonchev–Trinajstić information content (AvgIpc) is 3.08. The predicted molar refractivity (Wildman–Crippen MR) is 121 cm³/mol. The summed E-state index contributed by atoms with van der Waals surface area (Å²) in [5.74, 6) is 1.73. The maximum atomic E-state index is 4.32. The van der Waals surface area contributed by atoms with E-state index < -0.39 is 0 Å². The lowest BCUT2D eigenvalue weighted by molar-refractivity contribution is 0.508. The van der Waals surface area contributed by atoms with Gasteiger partial charge in [0.25, 0.3) is 0 Å². The van der Waals surface area contributed by atoms with E-state index >= 15 is 0 Å². The van der Waals surface area contributed by atoms with Crippen molar-refractivity contribution in [3.8, 4) is 0 Å². The molecule has 0 saturated heterocycles. The molecule has 0 aliphatic carbocycles. The molecule has 0 saturated carbocycles. The number of aromatic nitrogens is 3. The fourth-order valence-corrected chi connectivity index (χ4v) is 2.87. The summed E-state index contributed by atoms with van der Waals surface area (Å²) in [4.78, 5) is 4.32. The number of rotatable bonds is 6. The summed E-state index contributed by atoms with van der Waals surface area (Å²) in [6.07, 6.45) is 2.76. The van der Waals surface area contributed by atoms with Gasteiger partial charge in [-0.25, -0.2) is 0 Å². The molecule has 27 heavy (non-hydrogen) atoms. The Hall–Kier alpha value is -2.16. The summed E-state index contributed by atoms with van der Waals surface area (Å²) in [5.41, 5.74) is 2.19. The third-order valence-corrected chi connectivity index (χ3v) is 4.50. The summed E-state index contributed by atoms with van der Waals surface area (Å²) >= 11 is 0. The molecular weight excluding hydrogens is 451 g/mol. The van der Waals surface area contributed by atoms with Crippen molar-refractivity contribution in [1.82, 2.24) is 25.2 Å². The number of halogens is 1. The van der Waals surface area contributed by atoms with Crippen LogP contribution >= 0.6 is 24.0 Å². The molecular formula is C20H27IN6. The summed E-state index contributed by atoms with van der Waals surface area (Å²) < 4.78 is 2.01. The summed E-state index contributed by atoms with van der Waals surface area (Å²) in [6, 6.07) is 16.4. The van der Waals surface area contributed by atoms with Crippen LogP contribution in [0.25, 0.3) is 5.65 Å². The second-order valence-electron chi connectivity index (χ2n) is 6.90. The van der Waals surface area contributed by atoms with Crippen molar-refractivity contribution >= 4 is 35.6 Å². The van der Waals surface area contributed by atoms with Crippen LogP contribution < -0.4 is 10.6 Å². The van der Waals surface area contributed by atoms with Crippen molar-refractivity contribution < 1.29 is 0 Å². The van der Waals surface area contributed by atoms with Gasteiger partial charge in [-0.3, -0.25) is 9.39 Å². The van der Waals surface area contributed by atoms with E-state index in [9.17, 15) is 0 Å². The van der Waals surface area contributed by atoms with E-state index in [-0.39, 0.29) is 29.4 Å². The van der Waals surface area contributed by atoms with Gasteiger partial charge in [0.2, 0.25) is 0 Å². The largest absolute Gasteiger partial charge is 0.356 e. The first kappa shape index (κ1) is 21.1. The van der Waals surface area contributed by atoms with Gasteiger partial charge in [0, 0.05) is 38.2 Å². The Balaban J connectivity index is 0.00000261. The number of nitrogens with zero attached hydrogens (tertiary/aromatic N) is 4. The summed E-state index contributed by atoms with van der Waals surface area (Å²) in [7, 11) is 1.79. The molecule has 0 radical (unpaired) electrons. The number of nitrogens with one attached hydrogen (secondary N) is 2. The number of pyridine rings is 1. The zero-order valence-corrected chi connectivity index (χ0v) is 18.3. The highest BCUT2D eigenvalue weighted by molar-refractivity contribution is 14.0. The third kappa shape index (κ3) is 5.41. The number of fused-ring (bicyclic) bond motifs is 1. The SMILES string of the molecule is CN=C(NCCc1nnc2ccccn12)NCC(C)(C)c1ccccc1.I. The van der Waals surface area contributed by atoms with E-state index in [1.54, 1.807) is 7.05 Å². The van der Waals surface area contributed by atoms with Crippen molar-refractivity contribution in [2.24, 2.45) is 4.99 Å². The Bertz CT molecular complexity index is 872. The van der Waals surface area contributed by atoms with E-state index in [2.05, 4.69) is 63.9 Å². The van der Waals surface area contributed by atoms with E-state index in [1.165, 1.54) is 5.56 Å². The molecule has 0 bridgehead atoms. The van der Waals surface area contributed by atoms with Gasteiger partial charge < -0.3 is 10.6 Å². The standard InChI is InChI=1S/C20H26N6.HI/c1-20(2,16-9-5-4-6-10-16)15-23-19(21-3)22-13-12-18-25-24-17-11-7-8-14-26(17)18;/h4-11,14H,12-13,15H2,1-3H3,(H2,21,22,23);1H. The maximum absolute atomic E-state index is 4.32. The van der Waals surface area contributed by atoms with Gasteiger partial charge in [-0.1, -0.05) is 50.2 Å². The van der Waals surface area contributed by atoms with Gasteiger partial charge in [0.1, 0.15) is 5.82 Å². The predicted octanol–water partition coefficient (Wildman–Crippen LogP) is 3.03. The third-order valence-electron chi connectivity index (χ3n) is 4.50. The van der Waals surface area contributed by atoms with Crippen LogP contribution in [0.3, 0.4) is 0 Å². The van der Waals surface area contributed by atoms with Crippen molar-refractivity contribution in [1.29, 1.82) is 0 Å². The molecule has 6 nitrogen and oxygen atoms in total. The number of benzene rings is 1. The van der Waals surface area contributed by atoms with Crippen molar-refractivity contribution in [2.45, 2.75) is 25.7 Å². The summed E-state index contributed by atoms with van der Waals surface area (Å²) in [6.45, 7) is 5.99. The highest BCUT2D eigenvalue weighted by atomic mass is 127. The summed E-state index contributed by atoms with van der Waals surface area (Å²) in [5, 5.41) is 15.2. The lowest BCUT2D eigenvalue weighted by Gasteiger charge is -2.26. The first-order valence-corrected chi connectivity index (χ1v) is 8.89. The van der Waals surface area contributed by atoms with Gasteiger partial charge in [-0.15, -0.1) is 34.2 Å². The minimum absolute atomic E-state index is 0. The number of aliphatic imine (C=N–C) groups is 1. The average molecular weight is 478 g/mol. The molecule has 2 aromatic heterocycles. The van der Waals surface area contributed by atoms with Crippen LogP contribution in [0.1, 0.15) is 25.2 Å². The Morgan fingerprint density at radius 3 is 2.52 bits per heavy atom. The highest BCUT2D eigenvalue weighted by Crippen LogP contribution is 2.21. The van der Waals surface area contributed by atoms with Crippen LogP contribution in [0.15, 0.2) is 59.7 Å². The van der Waals surface area contributed by atoms with Gasteiger partial charge in [0.05, 0.1) is 0 Å². The lowest BCUT2D eigenvalue weighted by atomic mass is 9.85. The minimum Gasteiger partial charge on any atom is -0.356 e. The van der Waals surface area contributed by atoms with Crippen molar-refractivity contribution in [2.75, 3.05) is 20.1 Å². The zero-order valence-electron chi connectivity index (χ0n) is 16.0. The number of guanidine groups is 1. The van der Waals surface area contributed by atoms with E-state index in [1.807, 2.05) is 34.9 Å². The Morgan fingerprint density at radius 1 is 1.04 bits per heavy atom. The van der Waals surface area contributed by atoms with Crippen LogP contribution in [-0.2, 0) is 11.8 Å². The molecule has 0 fully saturated rings. The fraction of sp³-hybridized carbons (Fsp3) is 0.350. The molecule has 2 N–H and O–H groups in total. The van der Waals surface area contributed by atoms with Gasteiger partial charge in [-0.05, 0) is 17.7 Å². The second kappa shape index (κ2) is 9.68. The van der Waals surface area contributed by atoms with Gasteiger partial charge in [0.15, 0.2) is 11.6 Å². The van der Waals surface area contributed by atoms with Crippen LogP contribution in [-0.4, -0.2) is 40.7 Å². The molecule has 0 spiro atoms. The van der Waals surface area contributed by atoms with Crippen LogP contribution in [0, 0.1) is 0 Å². The first-order chi connectivity index (χ1) is 12.6. The van der Waals surface area contributed by atoms with Gasteiger partial charge in [-0.2, -0.15) is 0 Å². The maximum Gasteiger partial charge on any atom is 0.191 e. The second-order valence-corrected chi connectivity index (χ2v) is 6.90. The minimum atomic E-state index is 0. The van der Waals surface area contributed by atoms with Crippen LogP contribution in [0.4, 0.5) is 0 Å². The molecule has 0 aliphatic rings. The Labute approximate surface area is 177 Å². The van der Waals surface area contributed by atoms with E-state index in [4.69, 9.17) is 0 Å². The van der Waals surface area contributed by atoms with Crippen molar-refractivity contribution in [3.05, 3.63) is 66.1 Å².